The van der Waals surface area contributed by atoms with Gasteiger partial charge in [0.15, 0.2) is 0 Å². The zero-order valence-electron chi connectivity index (χ0n) is 11.0. The number of carbonyl (C=O) groups excluding carboxylic acids is 1. The minimum Gasteiger partial charge on any atom is -0.506 e. The predicted octanol–water partition coefficient (Wildman–Crippen LogP) is 4.44. The zero-order chi connectivity index (χ0) is 14.9. The van der Waals surface area contributed by atoms with E-state index in [1.807, 2.05) is 24.6 Å². The van der Waals surface area contributed by atoms with Gasteiger partial charge in [0.05, 0.1) is 5.02 Å². The van der Waals surface area contributed by atoms with Gasteiger partial charge in [0.1, 0.15) is 11.4 Å². The lowest BCUT2D eigenvalue weighted by Gasteiger charge is -2.13. The van der Waals surface area contributed by atoms with E-state index in [0.29, 0.717) is 11.4 Å². The topological polar surface area (TPSA) is 54.3 Å². The van der Waals surface area contributed by atoms with E-state index in [1.165, 1.54) is 12.1 Å². The largest absolute Gasteiger partial charge is 0.506 e. The molecule has 4 nitrogen and oxygen atoms in total. The maximum Gasteiger partial charge on any atom is 0.272 e. The first-order valence-electron chi connectivity index (χ1n) is 6.05. The number of carbonyl (C=O) groups is 1. The van der Waals surface area contributed by atoms with Crippen molar-refractivity contribution < 1.29 is 9.90 Å². The maximum atomic E-state index is 12.3. The molecule has 106 valence electrons. The van der Waals surface area contributed by atoms with Crippen LogP contribution in [0.2, 0.25) is 5.02 Å². The second-order valence-electron chi connectivity index (χ2n) is 4.66. The minimum atomic E-state index is -0.244. The first kappa shape index (κ1) is 14.9. The standard InChI is InChI=1S/C14H14BrClN2O2/c1-8(2)18-7-9(15)5-12(18)14(20)17-10-3-4-11(16)13(19)6-10/h3-8,19H,1-2H3,(H,17,20). The molecule has 0 aliphatic carbocycles. The van der Waals surface area contributed by atoms with Gasteiger partial charge in [0.2, 0.25) is 0 Å². The monoisotopic (exact) mass is 356 g/mol. The first-order chi connectivity index (χ1) is 9.38. The molecule has 20 heavy (non-hydrogen) atoms. The molecule has 1 aromatic carbocycles. The van der Waals surface area contributed by atoms with Gasteiger partial charge in [-0.05, 0) is 48.0 Å². The fourth-order valence-corrected chi connectivity index (χ4v) is 2.40. The number of amides is 1. The molecule has 0 unspecified atom stereocenters. The van der Waals surface area contributed by atoms with Crippen LogP contribution in [-0.4, -0.2) is 15.6 Å². The molecule has 0 aliphatic heterocycles. The van der Waals surface area contributed by atoms with E-state index in [-0.39, 0.29) is 22.7 Å². The number of nitrogens with one attached hydrogen (secondary N) is 1. The minimum absolute atomic E-state index is 0.0649. The van der Waals surface area contributed by atoms with E-state index in [9.17, 15) is 9.90 Å². The number of phenols is 1. The highest BCUT2D eigenvalue weighted by molar-refractivity contribution is 9.10. The van der Waals surface area contributed by atoms with Gasteiger partial charge >= 0.3 is 0 Å². The average molecular weight is 358 g/mol. The van der Waals surface area contributed by atoms with Gasteiger partial charge in [-0.3, -0.25) is 4.79 Å². The lowest BCUT2D eigenvalue weighted by molar-refractivity contribution is 0.101. The summed E-state index contributed by atoms with van der Waals surface area (Å²) in [7, 11) is 0. The fraction of sp³-hybridized carbons (Fsp3) is 0.214. The summed E-state index contributed by atoms with van der Waals surface area (Å²) >= 11 is 9.10. The molecule has 1 heterocycles. The van der Waals surface area contributed by atoms with Crippen molar-refractivity contribution in [3.63, 3.8) is 0 Å². The first-order valence-corrected chi connectivity index (χ1v) is 7.23. The average Bonchev–Trinajstić information content (AvgIpc) is 2.76. The Balaban J connectivity index is 2.26. The molecule has 0 saturated carbocycles. The van der Waals surface area contributed by atoms with E-state index in [0.717, 1.165) is 4.47 Å². The third-order valence-electron chi connectivity index (χ3n) is 2.81. The summed E-state index contributed by atoms with van der Waals surface area (Å²) in [6, 6.07) is 6.51. The smallest absolute Gasteiger partial charge is 0.272 e. The van der Waals surface area contributed by atoms with Crippen molar-refractivity contribution in [1.29, 1.82) is 0 Å². The number of hydrogen-bond donors (Lipinski definition) is 2. The Hall–Kier alpha value is -1.46. The molecule has 6 heteroatoms. The van der Waals surface area contributed by atoms with E-state index in [4.69, 9.17) is 11.6 Å². The number of benzene rings is 1. The van der Waals surface area contributed by atoms with Crippen LogP contribution >= 0.6 is 27.5 Å². The number of aromatic nitrogens is 1. The number of halogens is 2. The summed E-state index contributed by atoms with van der Waals surface area (Å²) in [5.74, 6) is -0.309. The molecular formula is C14H14BrClN2O2. The molecule has 2 N–H and O–H groups in total. The number of anilines is 1. The molecule has 0 saturated heterocycles. The molecule has 1 amide bonds. The van der Waals surface area contributed by atoms with Crippen molar-refractivity contribution in [3.05, 3.63) is 45.7 Å². The van der Waals surface area contributed by atoms with Crippen molar-refractivity contribution in [3.8, 4) is 5.75 Å². The number of aromatic hydroxyl groups is 1. The molecule has 0 aliphatic rings. The third kappa shape index (κ3) is 3.16. The quantitative estimate of drug-likeness (QED) is 0.853. The maximum absolute atomic E-state index is 12.3. The van der Waals surface area contributed by atoms with Crippen LogP contribution < -0.4 is 5.32 Å². The van der Waals surface area contributed by atoms with Crippen LogP contribution in [-0.2, 0) is 0 Å². The Labute approximate surface area is 130 Å². The zero-order valence-corrected chi connectivity index (χ0v) is 13.4. The predicted molar refractivity (Wildman–Crippen MR) is 83.6 cm³/mol. The Morgan fingerprint density at radius 2 is 2.10 bits per heavy atom. The Bertz CT molecular complexity index is 653. The van der Waals surface area contributed by atoms with Gasteiger partial charge < -0.3 is 15.0 Å². The van der Waals surface area contributed by atoms with Crippen molar-refractivity contribution in [2.45, 2.75) is 19.9 Å². The van der Waals surface area contributed by atoms with Crippen LogP contribution in [0.5, 0.6) is 5.75 Å². The van der Waals surface area contributed by atoms with Gasteiger partial charge in [-0.25, -0.2) is 0 Å². The van der Waals surface area contributed by atoms with Crippen LogP contribution in [0.4, 0.5) is 5.69 Å². The second-order valence-corrected chi connectivity index (χ2v) is 5.99. The molecule has 2 rings (SSSR count). The van der Waals surface area contributed by atoms with Crippen molar-refractivity contribution in [2.75, 3.05) is 5.32 Å². The highest BCUT2D eigenvalue weighted by atomic mass is 79.9. The summed E-state index contributed by atoms with van der Waals surface area (Å²) in [4.78, 5) is 12.3. The Morgan fingerprint density at radius 1 is 1.40 bits per heavy atom. The summed E-state index contributed by atoms with van der Waals surface area (Å²) in [6.07, 6.45) is 1.86. The van der Waals surface area contributed by atoms with Crippen LogP contribution in [0.25, 0.3) is 0 Å². The molecule has 0 atom stereocenters. The van der Waals surface area contributed by atoms with Crippen LogP contribution in [0, 0.1) is 0 Å². The van der Waals surface area contributed by atoms with Gasteiger partial charge in [-0.2, -0.15) is 0 Å². The van der Waals surface area contributed by atoms with Gasteiger partial charge in [-0.15, -0.1) is 0 Å². The van der Waals surface area contributed by atoms with E-state index >= 15 is 0 Å². The Morgan fingerprint density at radius 3 is 2.70 bits per heavy atom. The molecule has 0 spiro atoms. The normalized spacial score (nSPS) is 10.8. The molecule has 0 radical (unpaired) electrons. The third-order valence-corrected chi connectivity index (χ3v) is 3.56. The van der Waals surface area contributed by atoms with Crippen LogP contribution in [0.15, 0.2) is 34.9 Å². The van der Waals surface area contributed by atoms with Crippen LogP contribution in [0.1, 0.15) is 30.4 Å². The van der Waals surface area contributed by atoms with Gasteiger partial charge in [0, 0.05) is 28.5 Å². The number of rotatable bonds is 3. The lowest BCUT2D eigenvalue weighted by atomic mass is 10.2. The van der Waals surface area contributed by atoms with E-state index in [1.54, 1.807) is 12.1 Å². The van der Waals surface area contributed by atoms with E-state index < -0.39 is 0 Å². The molecular weight excluding hydrogens is 344 g/mol. The molecule has 0 bridgehead atoms. The van der Waals surface area contributed by atoms with Gasteiger partial charge in [0.25, 0.3) is 5.91 Å². The summed E-state index contributed by atoms with van der Waals surface area (Å²) in [5, 5.41) is 12.5. The number of nitrogens with zero attached hydrogens (tertiary/aromatic N) is 1. The van der Waals surface area contributed by atoms with Crippen molar-refractivity contribution in [2.24, 2.45) is 0 Å². The molecule has 2 aromatic rings. The summed E-state index contributed by atoms with van der Waals surface area (Å²) in [5.41, 5.74) is 1.03. The van der Waals surface area contributed by atoms with Gasteiger partial charge in [-0.1, -0.05) is 11.6 Å². The second kappa shape index (κ2) is 5.89. The fourth-order valence-electron chi connectivity index (χ4n) is 1.84. The highest BCUT2D eigenvalue weighted by Gasteiger charge is 2.15. The lowest BCUT2D eigenvalue weighted by Crippen LogP contribution is -2.17. The number of phenolic OH excluding ortho intramolecular Hbond substituents is 1. The SMILES string of the molecule is CC(C)n1cc(Br)cc1C(=O)Nc1ccc(Cl)c(O)c1. The van der Waals surface area contributed by atoms with Crippen LogP contribution in [0.3, 0.4) is 0 Å². The molecule has 0 fully saturated rings. The van der Waals surface area contributed by atoms with Crippen molar-refractivity contribution in [1.82, 2.24) is 4.57 Å². The van der Waals surface area contributed by atoms with E-state index in [2.05, 4.69) is 21.2 Å². The van der Waals surface area contributed by atoms with Crippen molar-refractivity contribution >= 4 is 39.1 Å². The summed E-state index contributed by atoms with van der Waals surface area (Å²) in [6.45, 7) is 3.99. The Kier molecular flexibility index (Phi) is 4.40. The highest BCUT2D eigenvalue weighted by Crippen LogP contribution is 2.27. The molecule has 1 aromatic heterocycles. The number of hydrogen-bond acceptors (Lipinski definition) is 2. The summed E-state index contributed by atoms with van der Waals surface area (Å²) < 4.78 is 2.71.